The zero-order chi connectivity index (χ0) is 13.5. The second-order valence-electron chi connectivity index (χ2n) is 4.00. The van der Waals surface area contributed by atoms with Crippen molar-refractivity contribution in [2.45, 2.75) is 0 Å². The first-order chi connectivity index (χ1) is 9.07. The Morgan fingerprint density at radius 2 is 1.58 bits per heavy atom. The van der Waals surface area contributed by atoms with Gasteiger partial charge in [-0.1, -0.05) is 46.4 Å². The van der Waals surface area contributed by atoms with Crippen molar-refractivity contribution < 1.29 is 12.3 Å². The lowest BCUT2D eigenvalue weighted by molar-refractivity contribution is 0.543. The lowest BCUT2D eigenvalue weighted by atomic mass is 10.2. The van der Waals surface area contributed by atoms with Crippen LogP contribution in [0.15, 0.2) is 54.6 Å². The van der Waals surface area contributed by atoms with Gasteiger partial charge in [0.15, 0.2) is 5.82 Å². The number of nitrogens with zero attached hydrogens (tertiary/aromatic N) is 2. The van der Waals surface area contributed by atoms with Gasteiger partial charge in [0.2, 0.25) is 0 Å². The second-order valence-corrected chi connectivity index (χ2v) is 5.19. The van der Waals surface area contributed by atoms with Gasteiger partial charge < -0.3 is 0 Å². The topological polar surface area (TPSA) is 52.0 Å². The van der Waals surface area contributed by atoms with Crippen LogP contribution in [0, 0.1) is 0 Å². The lowest BCUT2D eigenvalue weighted by Gasteiger charge is -2.03. The smallest absolute Gasteiger partial charge is 0.227 e. The molecule has 0 aliphatic heterocycles. The molecule has 1 aromatic heterocycles. The third-order valence-corrected chi connectivity index (χ3v) is 3.58. The molecule has 0 bridgehead atoms. The minimum absolute atomic E-state index is 0.0734. The summed E-state index contributed by atoms with van der Waals surface area (Å²) in [6.07, 6.45) is 0. The van der Waals surface area contributed by atoms with Gasteiger partial charge in [0.05, 0.1) is 11.0 Å². The van der Waals surface area contributed by atoms with E-state index in [1.165, 1.54) is 6.07 Å². The molecule has 0 aliphatic carbocycles. The van der Waals surface area contributed by atoms with Gasteiger partial charge in [-0.05, 0) is 12.1 Å². The number of hydrogen-bond acceptors (Lipinski definition) is 3. The lowest BCUT2D eigenvalue weighted by Crippen LogP contribution is -2.07. The van der Waals surface area contributed by atoms with Crippen LogP contribution in [0.5, 0.6) is 0 Å². The highest BCUT2D eigenvalue weighted by molar-refractivity contribution is 7.85. The van der Waals surface area contributed by atoms with Crippen LogP contribution in [-0.4, -0.2) is 17.4 Å². The maximum absolute atomic E-state index is 13.5. The van der Waals surface area contributed by atoms with E-state index in [0.29, 0.717) is 15.1 Å². The van der Waals surface area contributed by atoms with E-state index in [1.807, 2.05) is 0 Å². The Balaban J connectivity index is 2.43. The van der Waals surface area contributed by atoms with Gasteiger partial charge in [-0.15, -0.1) is 0 Å². The summed E-state index contributed by atoms with van der Waals surface area (Å²) >= 11 is 0. The highest BCUT2D eigenvalue weighted by Crippen LogP contribution is 2.26. The molecule has 0 spiro atoms. The Morgan fingerprint density at radius 1 is 0.947 bits per heavy atom. The number of aromatic nitrogens is 2. The zero-order valence-corrected chi connectivity index (χ0v) is 10.5. The largest absolute Gasteiger partial charge is 0.405 e. The number of imidazole rings is 1. The predicted octanol–water partition coefficient (Wildman–Crippen LogP) is 2.77. The molecule has 0 fully saturated rings. The van der Waals surface area contributed by atoms with Gasteiger partial charge in [0.1, 0.15) is 0 Å². The molecule has 0 aliphatic rings. The Kier molecular flexibility index (Phi) is 2.60. The molecule has 0 saturated heterocycles. The number of benzene rings is 2. The van der Waals surface area contributed by atoms with Gasteiger partial charge in [-0.3, -0.25) is 0 Å². The summed E-state index contributed by atoms with van der Waals surface area (Å²) in [6, 6.07) is 15.2. The molecule has 3 rings (SSSR count). The van der Waals surface area contributed by atoms with Crippen molar-refractivity contribution in [3.63, 3.8) is 0 Å². The highest BCUT2D eigenvalue weighted by atomic mass is 32.3. The number of rotatable bonds is 2. The molecule has 3 aromatic rings. The number of fused-ring (bicyclic) bond motifs is 1. The van der Waals surface area contributed by atoms with Crippen LogP contribution in [0.2, 0.25) is 0 Å². The Hall–Kier alpha value is -2.21. The molecule has 4 nitrogen and oxygen atoms in total. The van der Waals surface area contributed by atoms with Crippen molar-refractivity contribution in [2.24, 2.45) is 0 Å². The Labute approximate surface area is 109 Å². The van der Waals surface area contributed by atoms with E-state index >= 15 is 0 Å². The van der Waals surface area contributed by atoms with Crippen LogP contribution in [0.4, 0.5) is 3.89 Å². The van der Waals surface area contributed by atoms with E-state index in [2.05, 4.69) is 4.98 Å². The average molecular weight is 276 g/mol. The van der Waals surface area contributed by atoms with Crippen LogP contribution >= 0.6 is 0 Å². The summed E-state index contributed by atoms with van der Waals surface area (Å²) in [5, 5.41) is 0. The summed E-state index contributed by atoms with van der Waals surface area (Å²) in [4.78, 5) is 4.19. The second kappa shape index (κ2) is 4.17. The standard InChI is InChI=1S/C13H9FN2O2S/c14-19(17,18)16-12-9-5-4-8-11(12)15-13(16)10-6-2-1-3-7-10/h1-9H. The average Bonchev–Trinajstić information content (AvgIpc) is 2.79. The third kappa shape index (κ3) is 2.00. The monoisotopic (exact) mass is 276 g/mol. The molecule has 96 valence electrons. The van der Waals surface area contributed by atoms with Gasteiger partial charge in [-0.25, -0.2) is 4.98 Å². The van der Waals surface area contributed by atoms with Crippen molar-refractivity contribution in [1.82, 2.24) is 8.96 Å². The van der Waals surface area contributed by atoms with E-state index in [4.69, 9.17) is 0 Å². The molecular weight excluding hydrogens is 267 g/mol. The van der Waals surface area contributed by atoms with E-state index < -0.39 is 10.4 Å². The SMILES string of the molecule is O=S(=O)(F)n1c(-c2ccccc2)nc2ccccc21. The molecule has 2 aromatic carbocycles. The van der Waals surface area contributed by atoms with Gasteiger partial charge >= 0.3 is 10.4 Å². The van der Waals surface area contributed by atoms with E-state index in [9.17, 15) is 12.3 Å². The third-order valence-electron chi connectivity index (χ3n) is 2.77. The van der Waals surface area contributed by atoms with Crippen LogP contribution in [0.25, 0.3) is 22.4 Å². The molecule has 0 N–H and O–H groups in total. The highest BCUT2D eigenvalue weighted by Gasteiger charge is 2.21. The maximum atomic E-state index is 13.5. The first-order valence-corrected chi connectivity index (χ1v) is 6.89. The van der Waals surface area contributed by atoms with Crippen molar-refractivity contribution in [3.8, 4) is 11.4 Å². The minimum atomic E-state index is -4.91. The van der Waals surface area contributed by atoms with E-state index in [-0.39, 0.29) is 11.3 Å². The molecule has 1 heterocycles. The van der Waals surface area contributed by atoms with Crippen molar-refractivity contribution in [2.75, 3.05) is 0 Å². The van der Waals surface area contributed by atoms with E-state index in [1.54, 1.807) is 48.5 Å². The summed E-state index contributed by atoms with van der Waals surface area (Å²) in [5.74, 6) is 0.0734. The first kappa shape index (κ1) is 11.9. The fourth-order valence-electron chi connectivity index (χ4n) is 1.99. The van der Waals surface area contributed by atoms with Crippen LogP contribution in [0.3, 0.4) is 0 Å². The predicted molar refractivity (Wildman–Crippen MR) is 70.6 cm³/mol. The fraction of sp³-hybridized carbons (Fsp3) is 0. The molecule has 0 amide bonds. The number of para-hydroxylation sites is 2. The molecule has 0 radical (unpaired) electrons. The Bertz CT molecular complexity index is 841. The van der Waals surface area contributed by atoms with Crippen LogP contribution in [0.1, 0.15) is 0 Å². The van der Waals surface area contributed by atoms with Gasteiger partial charge in [-0.2, -0.15) is 12.4 Å². The van der Waals surface area contributed by atoms with Crippen molar-refractivity contribution >= 4 is 21.4 Å². The van der Waals surface area contributed by atoms with Gasteiger partial charge in [0, 0.05) is 5.56 Å². The molecule has 6 heteroatoms. The van der Waals surface area contributed by atoms with Crippen LogP contribution < -0.4 is 0 Å². The molecule has 0 atom stereocenters. The van der Waals surface area contributed by atoms with Crippen molar-refractivity contribution in [1.29, 1.82) is 0 Å². The zero-order valence-electron chi connectivity index (χ0n) is 9.69. The summed E-state index contributed by atoms with van der Waals surface area (Å²) in [6.45, 7) is 0. The first-order valence-electron chi connectivity index (χ1n) is 5.55. The molecule has 0 unspecified atom stereocenters. The number of halogens is 1. The quantitative estimate of drug-likeness (QED) is 0.676. The fourth-order valence-corrected chi connectivity index (χ4v) is 2.74. The summed E-state index contributed by atoms with van der Waals surface area (Å²) in [5.41, 5.74) is 1.20. The Morgan fingerprint density at radius 3 is 2.26 bits per heavy atom. The van der Waals surface area contributed by atoms with Crippen LogP contribution in [-0.2, 0) is 10.4 Å². The molecular formula is C13H9FN2O2S. The van der Waals surface area contributed by atoms with Gasteiger partial charge in [0.25, 0.3) is 0 Å². The molecule has 19 heavy (non-hydrogen) atoms. The normalized spacial score (nSPS) is 11.8. The molecule has 0 saturated carbocycles. The van der Waals surface area contributed by atoms with E-state index in [0.717, 1.165) is 0 Å². The van der Waals surface area contributed by atoms with Crippen molar-refractivity contribution in [3.05, 3.63) is 54.6 Å². The maximum Gasteiger partial charge on any atom is 0.405 e. The minimum Gasteiger partial charge on any atom is -0.227 e. The summed E-state index contributed by atoms with van der Waals surface area (Å²) < 4.78 is 36.9. The number of hydrogen-bond donors (Lipinski definition) is 0. The summed E-state index contributed by atoms with van der Waals surface area (Å²) in [7, 11) is -4.91.